The molecule has 1 amide bonds. The molecule has 0 bridgehead atoms. The largest absolute Gasteiger partial charge is 0.351 e. The van der Waals surface area contributed by atoms with Gasteiger partial charge in [0.25, 0.3) is 5.56 Å². The highest BCUT2D eigenvalue weighted by Gasteiger charge is 2.23. The van der Waals surface area contributed by atoms with Crippen LogP contribution in [0.1, 0.15) is 37.3 Å². The van der Waals surface area contributed by atoms with Crippen molar-refractivity contribution in [2.75, 3.05) is 5.75 Å². The highest BCUT2D eigenvalue weighted by atomic mass is 32.2. The molecule has 0 aliphatic heterocycles. The fraction of sp³-hybridized carbons (Fsp3) is 0.318. The van der Waals surface area contributed by atoms with Gasteiger partial charge >= 0.3 is 0 Å². The predicted molar refractivity (Wildman–Crippen MR) is 112 cm³/mol. The van der Waals surface area contributed by atoms with Crippen LogP contribution >= 0.6 is 11.8 Å². The minimum atomic E-state index is -0.341. The van der Waals surface area contributed by atoms with E-state index < -0.39 is 0 Å². The van der Waals surface area contributed by atoms with Crippen LogP contribution in [0.5, 0.6) is 0 Å². The van der Waals surface area contributed by atoms with Gasteiger partial charge in [0.2, 0.25) is 5.91 Å². The topological polar surface area (TPSA) is 64.0 Å². The molecule has 0 spiro atoms. The summed E-state index contributed by atoms with van der Waals surface area (Å²) in [5.74, 6) is -0.447. The first kappa shape index (κ1) is 19.6. The quantitative estimate of drug-likeness (QED) is 0.491. The average molecular weight is 412 g/mol. The van der Waals surface area contributed by atoms with Crippen molar-refractivity contribution < 1.29 is 9.18 Å². The Bertz CT molecular complexity index is 1090. The van der Waals surface area contributed by atoms with Crippen molar-refractivity contribution in [3.8, 4) is 0 Å². The fourth-order valence-electron chi connectivity index (χ4n) is 3.73. The van der Waals surface area contributed by atoms with Crippen molar-refractivity contribution in [2.24, 2.45) is 0 Å². The second kappa shape index (κ2) is 8.78. The summed E-state index contributed by atoms with van der Waals surface area (Å²) in [5, 5.41) is 3.91. The second-order valence-electron chi connectivity index (χ2n) is 7.18. The van der Waals surface area contributed by atoms with Crippen molar-refractivity contribution in [1.29, 1.82) is 0 Å². The van der Waals surface area contributed by atoms with Crippen molar-refractivity contribution in [3.63, 3.8) is 0 Å². The molecule has 150 valence electrons. The minimum absolute atomic E-state index is 0.0447. The number of aromatic nitrogens is 2. The molecule has 5 nitrogen and oxygen atoms in total. The number of carbonyl (C=O) groups excluding carboxylic acids is 1. The van der Waals surface area contributed by atoms with Gasteiger partial charge in [-0.1, -0.05) is 54.9 Å². The zero-order chi connectivity index (χ0) is 20.2. The van der Waals surface area contributed by atoms with E-state index in [4.69, 9.17) is 0 Å². The summed E-state index contributed by atoms with van der Waals surface area (Å²) in [6.07, 6.45) is 4.09. The molecule has 1 aliphatic rings. The molecule has 1 aromatic heterocycles. The van der Waals surface area contributed by atoms with Gasteiger partial charge in [-0.25, -0.2) is 9.37 Å². The second-order valence-corrected chi connectivity index (χ2v) is 8.12. The number of nitrogens with zero attached hydrogens (tertiary/aromatic N) is 2. The lowest BCUT2D eigenvalue weighted by atomic mass is 10.2. The molecule has 7 heteroatoms. The van der Waals surface area contributed by atoms with Gasteiger partial charge in [0.05, 0.1) is 16.7 Å². The Hall–Kier alpha value is -2.67. The maximum atomic E-state index is 13.7. The highest BCUT2D eigenvalue weighted by molar-refractivity contribution is 7.99. The van der Waals surface area contributed by atoms with Crippen molar-refractivity contribution in [2.45, 2.75) is 43.4 Å². The number of carbonyl (C=O) groups is 1. The molecule has 0 saturated heterocycles. The van der Waals surface area contributed by atoms with Crippen LogP contribution in [-0.4, -0.2) is 21.2 Å². The molecule has 1 fully saturated rings. The SMILES string of the molecule is O=C(CSc1nc2ccccc2c(=O)n1C1CCCC1)NCc1ccccc1F. The average Bonchev–Trinajstić information content (AvgIpc) is 3.26. The predicted octanol–water partition coefficient (Wildman–Crippen LogP) is 4.06. The molecule has 1 heterocycles. The Morgan fingerprint density at radius 3 is 2.66 bits per heavy atom. The van der Waals surface area contributed by atoms with Gasteiger partial charge in [-0.05, 0) is 31.0 Å². The molecule has 3 aromatic rings. The van der Waals surface area contributed by atoms with Gasteiger partial charge in [-0.3, -0.25) is 14.2 Å². The van der Waals surface area contributed by atoms with Gasteiger partial charge in [-0.2, -0.15) is 0 Å². The first-order chi connectivity index (χ1) is 14.1. The Kier molecular flexibility index (Phi) is 5.94. The van der Waals surface area contributed by atoms with Gasteiger partial charge in [-0.15, -0.1) is 0 Å². The van der Waals surface area contributed by atoms with Crippen LogP contribution in [-0.2, 0) is 11.3 Å². The lowest BCUT2D eigenvalue weighted by Gasteiger charge is -2.18. The van der Waals surface area contributed by atoms with E-state index in [0.29, 0.717) is 21.6 Å². The zero-order valence-corrected chi connectivity index (χ0v) is 16.8. The monoisotopic (exact) mass is 411 g/mol. The van der Waals surface area contributed by atoms with Crippen LogP contribution in [0.4, 0.5) is 4.39 Å². The summed E-state index contributed by atoms with van der Waals surface area (Å²) in [6, 6.07) is 13.8. The number of para-hydroxylation sites is 1. The molecule has 4 rings (SSSR count). The molecule has 0 atom stereocenters. The molecule has 1 aliphatic carbocycles. The Morgan fingerprint density at radius 2 is 1.86 bits per heavy atom. The summed E-state index contributed by atoms with van der Waals surface area (Å²) < 4.78 is 15.5. The van der Waals surface area contributed by atoms with E-state index in [1.165, 1.54) is 17.8 Å². The highest BCUT2D eigenvalue weighted by Crippen LogP contribution is 2.32. The fourth-order valence-corrected chi connectivity index (χ4v) is 4.62. The molecule has 1 N–H and O–H groups in total. The lowest BCUT2D eigenvalue weighted by Crippen LogP contribution is -2.28. The van der Waals surface area contributed by atoms with E-state index in [2.05, 4.69) is 10.3 Å². The number of nitrogens with one attached hydrogen (secondary N) is 1. The van der Waals surface area contributed by atoms with Gasteiger partial charge in [0.1, 0.15) is 5.82 Å². The summed E-state index contributed by atoms with van der Waals surface area (Å²) >= 11 is 1.26. The van der Waals surface area contributed by atoms with E-state index in [0.717, 1.165) is 25.7 Å². The number of hydrogen-bond acceptors (Lipinski definition) is 4. The number of halogens is 1. The molecule has 0 unspecified atom stereocenters. The first-order valence-electron chi connectivity index (χ1n) is 9.77. The van der Waals surface area contributed by atoms with Gasteiger partial charge < -0.3 is 5.32 Å². The number of amides is 1. The molecular weight excluding hydrogens is 389 g/mol. The van der Waals surface area contributed by atoms with Crippen LogP contribution in [0.15, 0.2) is 58.5 Å². The van der Waals surface area contributed by atoms with Gasteiger partial charge in [0, 0.05) is 18.2 Å². The van der Waals surface area contributed by atoms with Crippen LogP contribution in [0.25, 0.3) is 10.9 Å². The molecule has 0 radical (unpaired) electrons. The van der Waals surface area contributed by atoms with E-state index >= 15 is 0 Å². The van der Waals surface area contributed by atoms with E-state index in [1.807, 2.05) is 18.2 Å². The smallest absolute Gasteiger partial charge is 0.262 e. The van der Waals surface area contributed by atoms with E-state index in [9.17, 15) is 14.0 Å². The number of thioether (sulfide) groups is 1. The van der Waals surface area contributed by atoms with E-state index in [1.54, 1.807) is 28.8 Å². The van der Waals surface area contributed by atoms with Gasteiger partial charge in [0.15, 0.2) is 5.16 Å². The van der Waals surface area contributed by atoms with Crippen LogP contribution < -0.4 is 10.9 Å². The third-order valence-electron chi connectivity index (χ3n) is 5.23. The number of fused-ring (bicyclic) bond motifs is 1. The van der Waals surface area contributed by atoms with Crippen LogP contribution in [0.3, 0.4) is 0 Å². The number of rotatable bonds is 6. The number of hydrogen-bond donors (Lipinski definition) is 1. The molecule has 2 aromatic carbocycles. The maximum Gasteiger partial charge on any atom is 0.262 e. The summed E-state index contributed by atoms with van der Waals surface area (Å²) in [4.78, 5) is 30.1. The van der Waals surface area contributed by atoms with Crippen molar-refractivity contribution in [1.82, 2.24) is 14.9 Å². The minimum Gasteiger partial charge on any atom is -0.351 e. The molecule has 29 heavy (non-hydrogen) atoms. The van der Waals surface area contributed by atoms with E-state index in [-0.39, 0.29) is 35.6 Å². The Balaban J connectivity index is 1.52. The summed E-state index contributed by atoms with van der Waals surface area (Å²) in [7, 11) is 0. The van der Waals surface area contributed by atoms with Crippen LogP contribution in [0.2, 0.25) is 0 Å². The molecular formula is C22H22FN3O2S. The number of benzene rings is 2. The Morgan fingerprint density at radius 1 is 1.14 bits per heavy atom. The third kappa shape index (κ3) is 4.34. The lowest BCUT2D eigenvalue weighted by molar-refractivity contribution is -0.118. The van der Waals surface area contributed by atoms with Crippen LogP contribution in [0, 0.1) is 5.82 Å². The third-order valence-corrected chi connectivity index (χ3v) is 6.18. The first-order valence-corrected chi connectivity index (χ1v) is 10.8. The summed E-state index contributed by atoms with van der Waals surface area (Å²) in [6.45, 7) is 0.132. The van der Waals surface area contributed by atoms with Crippen molar-refractivity contribution >= 4 is 28.6 Å². The standard InChI is InChI=1S/C22H22FN3O2S/c23-18-11-5-1-7-15(18)13-24-20(27)14-29-22-25-19-12-6-4-10-17(19)21(28)26(22)16-8-2-3-9-16/h1,4-7,10-12,16H,2-3,8-9,13-14H2,(H,24,27). The summed E-state index contributed by atoms with van der Waals surface area (Å²) in [5.41, 5.74) is 1.04. The van der Waals surface area contributed by atoms with Crippen molar-refractivity contribution in [3.05, 3.63) is 70.3 Å². The molecule has 1 saturated carbocycles. The normalized spacial score (nSPS) is 14.4. The maximum absolute atomic E-state index is 13.7. The zero-order valence-electron chi connectivity index (χ0n) is 15.9. The Labute approximate surface area is 172 Å².